The number of likely N-dealkylation sites (tertiary alicyclic amines) is 2. The van der Waals surface area contributed by atoms with E-state index in [2.05, 4.69) is 52.7 Å². The van der Waals surface area contributed by atoms with E-state index in [9.17, 15) is 9.59 Å². The fourth-order valence-electron chi connectivity index (χ4n) is 7.22. The van der Waals surface area contributed by atoms with Gasteiger partial charge in [0, 0.05) is 50.9 Å². The van der Waals surface area contributed by atoms with Crippen LogP contribution in [0.15, 0.2) is 54.6 Å². The number of hydrogen-bond donors (Lipinski definition) is 1. The second kappa shape index (κ2) is 10.8. The molecule has 4 aliphatic rings. The molecule has 1 unspecified atom stereocenters. The Morgan fingerprint density at radius 1 is 1.05 bits per heavy atom. The van der Waals surface area contributed by atoms with Crippen molar-refractivity contribution in [1.82, 2.24) is 15.1 Å². The lowest BCUT2D eigenvalue weighted by Gasteiger charge is -2.44. The van der Waals surface area contributed by atoms with Crippen molar-refractivity contribution in [1.29, 1.82) is 0 Å². The maximum atomic E-state index is 13.8. The zero-order valence-electron chi connectivity index (χ0n) is 22.6. The van der Waals surface area contributed by atoms with Crippen molar-refractivity contribution in [3.05, 3.63) is 65.7 Å². The number of rotatable bonds is 9. The number of amides is 1. The molecule has 1 amide bonds. The van der Waals surface area contributed by atoms with Crippen LogP contribution >= 0.6 is 0 Å². The molecular formula is C32H41N3O3. The molecule has 3 saturated heterocycles. The van der Waals surface area contributed by atoms with E-state index in [4.69, 9.17) is 4.74 Å². The van der Waals surface area contributed by atoms with Gasteiger partial charge in [0.1, 0.15) is 5.75 Å². The number of nitrogens with one attached hydrogen (secondary N) is 1. The Hall–Kier alpha value is -2.70. The molecule has 38 heavy (non-hydrogen) atoms. The molecular weight excluding hydrogens is 474 g/mol. The van der Waals surface area contributed by atoms with Crippen LogP contribution in [0.4, 0.5) is 0 Å². The summed E-state index contributed by atoms with van der Waals surface area (Å²) in [5.74, 6) is 2.82. The third-order valence-corrected chi connectivity index (χ3v) is 9.60. The molecule has 0 aromatic heterocycles. The van der Waals surface area contributed by atoms with E-state index in [-0.39, 0.29) is 17.4 Å². The molecule has 6 heteroatoms. The Morgan fingerprint density at radius 2 is 1.79 bits per heavy atom. The molecule has 0 bridgehead atoms. The lowest BCUT2D eigenvalue weighted by atomic mass is 9.75. The molecule has 2 aromatic carbocycles. The smallest absolute Gasteiger partial charge is 0.223 e. The molecule has 3 heterocycles. The molecule has 1 N–H and O–H groups in total. The number of carbonyl (C=O) groups excluding carboxylic acids is 2. The zero-order chi connectivity index (χ0) is 26.1. The standard InChI is InChI=1S/C32H41N3O3/c1-38-26-11-9-24(10-12-26)21-35-22-32(18-30(35)37)13-15-34(16-14-32)31(29(36)17-23-7-8-23)28-20-33-19-27(28)25-5-3-2-4-6-25/h2-6,9-12,23,27-28,31,33H,7-8,13-22H2,1H3/t27-,28-,31?/m1/s1. The van der Waals surface area contributed by atoms with Gasteiger partial charge in [-0.25, -0.2) is 0 Å². The molecule has 2 aromatic rings. The van der Waals surface area contributed by atoms with Gasteiger partial charge < -0.3 is 15.0 Å². The molecule has 1 aliphatic carbocycles. The van der Waals surface area contributed by atoms with Crippen molar-refractivity contribution in [2.75, 3.05) is 39.8 Å². The van der Waals surface area contributed by atoms with Crippen molar-refractivity contribution < 1.29 is 14.3 Å². The lowest BCUT2D eigenvalue weighted by Crippen LogP contribution is -2.53. The van der Waals surface area contributed by atoms with Crippen LogP contribution in [0.25, 0.3) is 0 Å². The van der Waals surface area contributed by atoms with Crippen LogP contribution in [-0.4, -0.2) is 67.4 Å². The number of carbonyl (C=O) groups is 2. The molecule has 6 nitrogen and oxygen atoms in total. The minimum Gasteiger partial charge on any atom is -0.497 e. The number of nitrogens with zero attached hydrogens (tertiary/aromatic N) is 2. The minimum absolute atomic E-state index is 0.0272. The summed E-state index contributed by atoms with van der Waals surface area (Å²) in [6.07, 6.45) is 5.76. The quantitative estimate of drug-likeness (QED) is 0.541. The molecule has 1 saturated carbocycles. The Bertz CT molecular complexity index is 1120. The summed E-state index contributed by atoms with van der Waals surface area (Å²) >= 11 is 0. The Labute approximate surface area is 226 Å². The first-order chi connectivity index (χ1) is 18.5. The van der Waals surface area contributed by atoms with Gasteiger partial charge in [0.05, 0.1) is 13.2 Å². The zero-order valence-corrected chi connectivity index (χ0v) is 22.6. The van der Waals surface area contributed by atoms with Crippen molar-refractivity contribution in [3.63, 3.8) is 0 Å². The largest absolute Gasteiger partial charge is 0.497 e. The number of benzene rings is 2. The topological polar surface area (TPSA) is 61.9 Å². The molecule has 0 radical (unpaired) electrons. The highest BCUT2D eigenvalue weighted by Crippen LogP contribution is 2.44. The summed E-state index contributed by atoms with van der Waals surface area (Å²) in [4.78, 5) is 31.4. The fraction of sp³-hybridized carbons (Fsp3) is 0.562. The highest BCUT2D eigenvalue weighted by Gasteiger charge is 2.48. The second-order valence-corrected chi connectivity index (χ2v) is 12.2. The van der Waals surface area contributed by atoms with Crippen molar-refractivity contribution in [2.24, 2.45) is 17.3 Å². The fourth-order valence-corrected chi connectivity index (χ4v) is 7.22. The highest BCUT2D eigenvalue weighted by atomic mass is 16.5. The van der Waals surface area contributed by atoms with E-state index in [1.54, 1.807) is 7.11 Å². The summed E-state index contributed by atoms with van der Waals surface area (Å²) in [5.41, 5.74) is 2.52. The van der Waals surface area contributed by atoms with Gasteiger partial charge in [-0.3, -0.25) is 14.5 Å². The van der Waals surface area contributed by atoms with Gasteiger partial charge in [0.25, 0.3) is 0 Å². The minimum atomic E-state index is -0.0272. The van der Waals surface area contributed by atoms with E-state index < -0.39 is 0 Å². The van der Waals surface area contributed by atoms with E-state index >= 15 is 0 Å². The first kappa shape index (κ1) is 25.6. The number of ketones is 1. The average molecular weight is 516 g/mol. The van der Waals surface area contributed by atoms with Crippen LogP contribution in [0, 0.1) is 17.3 Å². The number of ether oxygens (including phenoxy) is 1. The SMILES string of the molecule is COc1ccc(CN2CC3(CCN(C(C(=O)CC4CC4)[C@@H]4CNC[C@@H]4c4ccccc4)CC3)CC2=O)cc1. The van der Waals surface area contributed by atoms with Gasteiger partial charge in [0.2, 0.25) is 5.91 Å². The molecule has 1 spiro atoms. The highest BCUT2D eigenvalue weighted by molar-refractivity contribution is 5.85. The van der Waals surface area contributed by atoms with Gasteiger partial charge in [-0.2, -0.15) is 0 Å². The Balaban J connectivity index is 1.14. The first-order valence-corrected chi connectivity index (χ1v) is 14.5. The van der Waals surface area contributed by atoms with E-state index in [1.165, 1.54) is 18.4 Å². The van der Waals surface area contributed by atoms with Gasteiger partial charge in [0.15, 0.2) is 5.78 Å². The van der Waals surface area contributed by atoms with Gasteiger partial charge in [-0.05, 0) is 73.4 Å². The third kappa shape index (κ3) is 5.39. The predicted octanol–water partition coefficient (Wildman–Crippen LogP) is 4.25. The molecule has 3 atom stereocenters. The van der Waals surface area contributed by atoms with Crippen molar-refractivity contribution in [3.8, 4) is 5.75 Å². The average Bonchev–Trinajstić information content (AvgIpc) is 3.53. The molecule has 202 valence electrons. The summed E-state index contributed by atoms with van der Waals surface area (Å²) in [7, 11) is 1.67. The monoisotopic (exact) mass is 515 g/mol. The third-order valence-electron chi connectivity index (χ3n) is 9.60. The van der Waals surface area contributed by atoms with E-state index in [1.807, 2.05) is 17.0 Å². The van der Waals surface area contributed by atoms with Crippen LogP contribution in [0.3, 0.4) is 0 Å². The Kier molecular flexibility index (Phi) is 7.28. The van der Waals surface area contributed by atoms with Gasteiger partial charge >= 0.3 is 0 Å². The first-order valence-electron chi connectivity index (χ1n) is 14.5. The maximum Gasteiger partial charge on any atom is 0.223 e. The lowest BCUT2D eigenvalue weighted by molar-refractivity contribution is -0.129. The Morgan fingerprint density at radius 3 is 2.47 bits per heavy atom. The van der Waals surface area contributed by atoms with Crippen molar-refractivity contribution in [2.45, 2.75) is 57.0 Å². The molecule has 6 rings (SSSR count). The predicted molar refractivity (Wildman–Crippen MR) is 148 cm³/mol. The van der Waals surface area contributed by atoms with Crippen LogP contribution in [0.2, 0.25) is 0 Å². The van der Waals surface area contributed by atoms with Gasteiger partial charge in [-0.15, -0.1) is 0 Å². The number of Topliss-reactive ketones (excluding diaryl/α,β-unsaturated/α-hetero) is 1. The van der Waals surface area contributed by atoms with E-state index in [0.29, 0.717) is 36.5 Å². The summed E-state index contributed by atoms with van der Waals surface area (Å²) < 4.78 is 5.28. The van der Waals surface area contributed by atoms with Gasteiger partial charge in [-0.1, -0.05) is 42.5 Å². The van der Waals surface area contributed by atoms with Crippen LogP contribution in [-0.2, 0) is 16.1 Å². The second-order valence-electron chi connectivity index (χ2n) is 12.2. The number of piperidine rings is 1. The van der Waals surface area contributed by atoms with E-state index in [0.717, 1.165) is 63.3 Å². The normalized spacial score (nSPS) is 26.1. The summed E-state index contributed by atoms with van der Waals surface area (Å²) in [6, 6.07) is 18.7. The van der Waals surface area contributed by atoms with Crippen LogP contribution < -0.4 is 10.1 Å². The molecule has 4 fully saturated rings. The summed E-state index contributed by atoms with van der Waals surface area (Å²) in [6.45, 7) is 5.13. The van der Waals surface area contributed by atoms with Crippen molar-refractivity contribution >= 4 is 11.7 Å². The summed E-state index contributed by atoms with van der Waals surface area (Å²) in [5, 5.41) is 3.62. The van der Waals surface area contributed by atoms with Crippen LogP contribution in [0.1, 0.15) is 55.6 Å². The van der Waals surface area contributed by atoms with Crippen LogP contribution in [0.5, 0.6) is 5.75 Å². The molecule has 3 aliphatic heterocycles. The number of methoxy groups -OCH3 is 1. The number of hydrogen-bond acceptors (Lipinski definition) is 5. The maximum absolute atomic E-state index is 13.8.